The number of nitrogens with one attached hydrogen (secondary N) is 2. The molecule has 1 heterocycles. The summed E-state index contributed by atoms with van der Waals surface area (Å²) in [7, 11) is -2.99. The van der Waals surface area contributed by atoms with Crippen LogP contribution in [-0.2, 0) is 19.1 Å². The van der Waals surface area contributed by atoms with Crippen LogP contribution in [0.25, 0.3) is 0 Å². The summed E-state index contributed by atoms with van der Waals surface area (Å²) in [5, 5.41) is 17.3. The van der Waals surface area contributed by atoms with Crippen LogP contribution in [0.5, 0.6) is 0 Å². The van der Waals surface area contributed by atoms with Crippen molar-refractivity contribution in [2.75, 3.05) is 23.1 Å². The zero-order valence-electron chi connectivity index (χ0n) is 25.2. The lowest BCUT2D eigenvalue weighted by Gasteiger charge is -2.47. The second-order valence-electron chi connectivity index (χ2n) is 12.1. The van der Waals surface area contributed by atoms with Gasteiger partial charge >= 0.3 is 6.18 Å². The van der Waals surface area contributed by atoms with E-state index >= 15 is 0 Å². The lowest BCUT2D eigenvalue weighted by Crippen LogP contribution is -2.48. The van der Waals surface area contributed by atoms with E-state index < -0.39 is 34.7 Å². The highest BCUT2D eigenvalue weighted by atomic mass is 32.3. The van der Waals surface area contributed by atoms with Crippen LogP contribution in [0.1, 0.15) is 77.1 Å². The number of hydrogen-bond acceptors (Lipinski definition) is 6. The third-order valence-electron chi connectivity index (χ3n) is 8.72. The Hall–Kier alpha value is -3.09. The Morgan fingerprint density at radius 1 is 0.933 bits per heavy atom. The summed E-state index contributed by atoms with van der Waals surface area (Å²) in [5.41, 5.74) is 2.60. The second-order valence-corrected chi connectivity index (χ2v) is 14.2. The summed E-state index contributed by atoms with van der Waals surface area (Å²) in [6.45, 7) is 0.641. The van der Waals surface area contributed by atoms with E-state index in [-0.39, 0.29) is 24.9 Å². The lowest BCUT2D eigenvalue weighted by molar-refractivity contribution is -0.137. The highest BCUT2D eigenvalue weighted by molar-refractivity contribution is 8.25. The van der Waals surface area contributed by atoms with Crippen molar-refractivity contribution < 1.29 is 32.2 Å². The fourth-order valence-corrected chi connectivity index (χ4v) is 7.95. The first-order valence-electron chi connectivity index (χ1n) is 15.6. The molecule has 0 spiro atoms. The molecule has 2 fully saturated rings. The van der Waals surface area contributed by atoms with E-state index in [4.69, 9.17) is 0 Å². The number of carbonyl (C=O) groups excluding carboxylic acids is 1. The summed E-state index contributed by atoms with van der Waals surface area (Å²) in [5.74, 6) is 0.192. The number of aliphatic hydroxyl groups excluding tert-OH is 1. The average Bonchev–Trinajstić information content (AvgIpc) is 3.56. The number of aliphatic hydroxyl groups is 1. The number of alkyl halides is 3. The van der Waals surface area contributed by atoms with E-state index in [0.29, 0.717) is 35.5 Å². The molecule has 1 saturated heterocycles. The molecule has 5 rings (SSSR count). The van der Waals surface area contributed by atoms with Crippen molar-refractivity contribution in [1.29, 1.82) is 0 Å². The quantitative estimate of drug-likeness (QED) is 0.152. The second kappa shape index (κ2) is 14.6. The highest BCUT2D eigenvalue weighted by Gasteiger charge is 2.31. The Labute approximate surface area is 264 Å². The van der Waals surface area contributed by atoms with Crippen LogP contribution in [0, 0.1) is 0 Å². The van der Waals surface area contributed by atoms with E-state index in [1.807, 2.05) is 42.5 Å². The topological polar surface area (TPSA) is 105 Å². The van der Waals surface area contributed by atoms with E-state index in [9.17, 15) is 32.2 Å². The maximum Gasteiger partial charge on any atom is 0.416 e. The molecule has 244 valence electrons. The number of nitrogens with zero attached hydrogens (tertiary/aromatic N) is 1. The standard InChI is InChI=1S/C34H42F3N3O4S/c35-34(36,37)29-14-8-11-25(17-29)22-38-23-32(41)31(18-24-9-2-1-3-10-24)39-33(42)28-19-27(26-12-4-5-13-26)20-30(21-28)40-15-6-7-16-45(40,43)44/h1-3,8-11,14,17,19-21,26,31-32,38,41,43-44H,4-7,12-13,15-16,18,22-23H2,(H,39,42)/t31-,32+/m0/s1. The van der Waals surface area contributed by atoms with Gasteiger partial charge in [-0.3, -0.25) is 18.2 Å². The number of hydrogen-bond donors (Lipinski definition) is 5. The van der Waals surface area contributed by atoms with Gasteiger partial charge in [0.15, 0.2) is 0 Å². The Balaban J connectivity index is 1.35. The van der Waals surface area contributed by atoms with Crippen molar-refractivity contribution in [3.05, 3.63) is 101 Å². The first-order valence-corrected chi connectivity index (χ1v) is 17.3. The first kappa shape index (κ1) is 33.3. The molecule has 0 aromatic heterocycles. The van der Waals surface area contributed by atoms with E-state index in [0.717, 1.165) is 61.8 Å². The highest BCUT2D eigenvalue weighted by Crippen LogP contribution is 2.50. The molecule has 0 bridgehead atoms. The van der Waals surface area contributed by atoms with Gasteiger partial charge in [-0.1, -0.05) is 61.4 Å². The molecule has 3 aromatic carbocycles. The molecule has 1 aliphatic heterocycles. The predicted octanol–water partition coefficient (Wildman–Crippen LogP) is 7.12. The largest absolute Gasteiger partial charge is 0.416 e. The maximum atomic E-state index is 13.9. The van der Waals surface area contributed by atoms with Crippen LogP contribution in [0.3, 0.4) is 0 Å². The fraction of sp³-hybridized carbons (Fsp3) is 0.441. The van der Waals surface area contributed by atoms with E-state index in [1.165, 1.54) is 6.07 Å². The molecular formula is C34H42F3N3O4S. The molecule has 0 unspecified atom stereocenters. The minimum atomic E-state index is -4.44. The Morgan fingerprint density at radius 2 is 1.67 bits per heavy atom. The molecule has 1 saturated carbocycles. The maximum absolute atomic E-state index is 13.9. The molecule has 3 aromatic rings. The molecule has 1 amide bonds. The van der Waals surface area contributed by atoms with Crippen molar-refractivity contribution >= 4 is 22.4 Å². The van der Waals surface area contributed by atoms with Gasteiger partial charge in [-0.15, -0.1) is 10.8 Å². The number of anilines is 1. The Bertz CT molecular complexity index is 1430. The van der Waals surface area contributed by atoms with Crippen molar-refractivity contribution in [1.82, 2.24) is 10.6 Å². The number of benzene rings is 3. The van der Waals surface area contributed by atoms with Crippen LogP contribution < -0.4 is 14.9 Å². The smallest absolute Gasteiger partial charge is 0.390 e. The fourth-order valence-electron chi connectivity index (χ4n) is 6.28. The molecule has 2 aliphatic rings. The number of halogens is 3. The molecule has 5 N–H and O–H groups in total. The molecule has 1 aliphatic carbocycles. The zero-order chi connectivity index (χ0) is 32.0. The van der Waals surface area contributed by atoms with Crippen LogP contribution in [-0.4, -0.2) is 51.1 Å². The first-order chi connectivity index (χ1) is 21.5. The minimum Gasteiger partial charge on any atom is -0.390 e. The minimum absolute atomic E-state index is 0.0378. The van der Waals surface area contributed by atoms with Gasteiger partial charge in [0.2, 0.25) is 0 Å². The van der Waals surface area contributed by atoms with Crippen molar-refractivity contribution in [2.24, 2.45) is 0 Å². The average molecular weight is 646 g/mol. The zero-order valence-corrected chi connectivity index (χ0v) is 26.0. The van der Waals surface area contributed by atoms with Gasteiger partial charge in [0.25, 0.3) is 5.91 Å². The normalized spacial score (nSPS) is 19.2. The SMILES string of the molecule is O=C(N[C@@H](Cc1ccccc1)[C@H](O)CNCc1cccc(C(F)(F)F)c1)c1cc(C2CCCC2)cc(N2CCCCS2(O)O)c1. The van der Waals surface area contributed by atoms with Gasteiger partial charge in [-0.25, -0.2) is 0 Å². The predicted molar refractivity (Wildman–Crippen MR) is 173 cm³/mol. The molecule has 2 atom stereocenters. The molecule has 0 radical (unpaired) electrons. The van der Waals surface area contributed by atoms with Crippen molar-refractivity contribution in [2.45, 2.75) is 75.7 Å². The molecule has 45 heavy (non-hydrogen) atoms. The third-order valence-corrected chi connectivity index (χ3v) is 10.7. The molecular weight excluding hydrogens is 603 g/mol. The Kier molecular flexibility index (Phi) is 10.8. The number of carbonyl (C=O) groups is 1. The van der Waals surface area contributed by atoms with Crippen molar-refractivity contribution in [3.8, 4) is 0 Å². The van der Waals surface area contributed by atoms with E-state index in [2.05, 4.69) is 10.6 Å². The number of amides is 1. The van der Waals surface area contributed by atoms with Gasteiger partial charge in [0.05, 0.1) is 29.1 Å². The molecule has 11 heteroatoms. The summed E-state index contributed by atoms with van der Waals surface area (Å²) in [4.78, 5) is 13.9. The van der Waals surface area contributed by atoms with Gasteiger partial charge in [-0.2, -0.15) is 13.2 Å². The lowest BCUT2D eigenvalue weighted by atomic mass is 9.94. The van der Waals surface area contributed by atoms with E-state index in [1.54, 1.807) is 16.4 Å². The van der Waals surface area contributed by atoms with Gasteiger partial charge in [0, 0.05) is 25.2 Å². The van der Waals surface area contributed by atoms with Crippen LogP contribution in [0.15, 0.2) is 72.8 Å². The summed E-state index contributed by atoms with van der Waals surface area (Å²) in [6, 6.07) is 19.3. The monoisotopic (exact) mass is 645 g/mol. The third kappa shape index (κ3) is 8.80. The van der Waals surface area contributed by atoms with Gasteiger partial charge < -0.3 is 15.7 Å². The van der Waals surface area contributed by atoms with Gasteiger partial charge in [-0.05, 0) is 79.0 Å². The number of rotatable bonds is 11. The van der Waals surface area contributed by atoms with Gasteiger partial charge in [0.1, 0.15) is 0 Å². The van der Waals surface area contributed by atoms with Crippen LogP contribution in [0.4, 0.5) is 18.9 Å². The summed E-state index contributed by atoms with van der Waals surface area (Å²) in [6.07, 6.45) is 0.621. The molecule has 7 nitrogen and oxygen atoms in total. The van der Waals surface area contributed by atoms with Crippen LogP contribution >= 0.6 is 10.8 Å². The van der Waals surface area contributed by atoms with Crippen molar-refractivity contribution in [3.63, 3.8) is 0 Å². The van der Waals surface area contributed by atoms with Crippen LogP contribution in [0.2, 0.25) is 0 Å². The Morgan fingerprint density at radius 3 is 2.38 bits per heavy atom. The summed E-state index contributed by atoms with van der Waals surface area (Å²) < 4.78 is 62.8. The summed E-state index contributed by atoms with van der Waals surface area (Å²) >= 11 is 0.